The Morgan fingerprint density at radius 1 is 1.07 bits per heavy atom. The molecule has 146 valence electrons. The molecule has 0 saturated carbocycles. The van der Waals surface area contributed by atoms with Crippen LogP contribution in [-0.2, 0) is 4.79 Å². The molecule has 0 bridgehead atoms. The van der Waals surface area contributed by atoms with Crippen LogP contribution in [-0.4, -0.2) is 18.0 Å². The minimum atomic E-state index is -0.202. The van der Waals surface area contributed by atoms with E-state index in [9.17, 15) is 4.79 Å². The molecule has 0 amide bonds. The van der Waals surface area contributed by atoms with Crippen LogP contribution < -0.4 is 10.1 Å². The molecule has 2 atom stereocenters. The van der Waals surface area contributed by atoms with E-state index >= 15 is 0 Å². The molecular weight excluding hydrogens is 364 g/mol. The Kier molecular flexibility index (Phi) is 4.23. The molecule has 0 unspecified atom stereocenters. The van der Waals surface area contributed by atoms with Gasteiger partial charge in [0.05, 0.1) is 18.4 Å². The second-order valence-corrected chi connectivity index (χ2v) is 7.68. The highest BCUT2D eigenvalue weighted by Gasteiger charge is 2.41. The Balaban J connectivity index is 1.63. The first-order valence-corrected chi connectivity index (χ1v) is 9.84. The van der Waals surface area contributed by atoms with Crippen molar-refractivity contribution in [2.24, 2.45) is 0 Å². The fourth-order valence-corrected chi connectivity index (χ4v) is 4.59. The lowest BCUT2D eigenvalue weighted by molar-refractivity contribution is -0.116. The summed E-state index contributed by atoms with van der Waals surface area (Å²) in [4.78, 5) is 13.4. The van der Waals surface area contributed by atoms with Crippen LogP contribution in [0.4, 0.5) is 5.88 Å². The van der Waals surface area contributed by atoms with Gasteiger partial charge < -0.3 is 14.6 Å². The second-order valence-electron chi connectivity index (χ2n) is 7.68. The van der Waals surface area contributed by atoms with Gasteiger partial charge in [0.1, 0.15) is 5.75 Å². The highest BCUT2D eigenvalue weighted by molar-refractivity contribution is 6.01. The van der Waals surface area contributed by atoms with Crippen LogP contribution in [0.5, 0.6) is 5.75 Å². The van der Waals surface area contributed by atoms with E-state index < -0.39 is 0 Å². The molecule has 5 heteroatoms. The molecule has 2 aliphatic rings. The topological polar surface area (TPSA) is 64.4 Å². The van der Waals surface area contributed by atoms with Crippen molar-refractivity contribution in [3.05, 3.63) is 88.3 Å². The molecule has 29 heavy (non-hydrogen) atoms. The first kappa shape index (κ1) is 17.7. The van der Waals surface area contributed by atoms with E-state index in [0.29, 0.717) is 12.3 Å². The average Bonchev–Trinajstić information content (AvgIpc) is 3.13. The van der Waals surface area contributed by atoms with Gasteiger partial charge in [-0.15, -0.1) is 0 Å². The van der Waals surface area contributed by atoms with Crippen molar-refractivity contribution in [2.75, 3.05) is 12.4 Å². The molecule has 1 N–H and O–H groups in total. The van der Waals surface area contributed by atoms with Crippen LogP contribution in [0.25, 0.3) is 0 Å². The number of methoxy groups -OCH3 is 1. The number of nitrogens with one attached hydrogen (secondary N) is 1. The summed E-state index contributed by atoms with van der Waals surface area (Å²) in [6, 6.07) is 18.1. The average molecular weight is 386 g/mol. The summed E-state index contributed by atoms with van der Waals surface area (Å²) >= 11 is 0. The predicted octanol–water partition coefficient (Wildman–Crippen LogP) is 4.95. The monoisotopic (exact) mass is 386 g/mol. The molecule has 3 aromatic rings. The van der Waals surface area contributed by atoms with Crippen molar-refractivity contribution in [1.82, 2.24) is 5.16 Å². The summed E-state index contributed by atoms with van der Waals surface area (Å²) in [5.74, 6) is 1.53. The third-order valence-electron chi connectivity index (χ3n) is 5.96. The number of carbonyl (C=O) groups excluding carboxylic acids is 1. The number of nitrogens with zero attached hydrogens (tertiary/aromatic N) is 1. The van der Waals surface area contributed by atoms with Gasteiger partial charge in [-0.25, -0.2) is 0 Å². The third kappa shape index (κ3) is 2.94. The molecule has 2 heterocycles. The number of aromatic nitrogens is 1. The Morgan fingerprint density at radius 3 is 2.66 bits per heavy atom. The number of allylic oxidation sites excluding steroid dienone is 2. The van der Waals surface area contributed by atoms with E-state index in [4.69, 9.17) is 9.26 Å². The zero-order valence-corrected chi connectivity index (χ0v) is 16.4. The van der Waals surface area contributed by atoms with Crippen LogP contribution in [0.1, 0.15) is 47.1 Å². The van der Waals surface area contributed by atoms with Gasteiger partial charge in [0.15, 0.2) is 5.78 Å². The number of ether oxygens (including phenoxy) is 1. The predicted molar refractivity (Wildman–Crippen MR) is 110 cm³/mol. The number of Topliss-reactive ketones (excluding diaryl/α,β-unsaturated/α-hetero) is 1. The van der Waals surface area contributed by atoms with Crippen molar-refractivity contribution < 1.29 is 14.1 Å². The normalized spacial score (nSPS) is 20.7. The maximum atomic E-state index is 13.4. The van der Waals surface area contributed by atoms with E-state index in [1.807, 2.05) is 49.4 Å². The molecule has 0 fully saturated rings. The highest BCUT2D eigenvalue weighted by Crippen LogP contribution is 2.49. The SMILES string of the molecule is COc1cccc([C@@H]2C3=C(C[C@@H](c4ccccc4)CC3=O)Nc3onc(C)c32)c1. The summed E-state index contributed by atoms with van der Waals surface area (Å²) in [5.41, 5.74) is 5.69. The summed E-state index contributed by atoms with van der Waals surface area (Å²) in [5, 5.41) is 7.55. The van der Waals surface area contributed by atoms with Crippen molar-refractivity contribution >= 4 is 11.7 Å². The van der Waals surface area contributed by atoms with Crippen LogP contribution >= 0.6 is 0 Å². The zero-order valence-electron chi connectivity index (χ0n) is 16.4. The molecule has 1 aromatic heterocycles. The lowest BCUT2D eigenvalue weighted by atomic mass is 9.72. The third-order valence-corrected chi connectivity index (χ3v) is 5.96. The fraction of sp³-hybridized carbons (Fsp3) is 0.250. The minimum absolute atomic E-state index is 0.159. The minimum Gasteiger partial charge on any atom is -0.497 e. The molecule has 0 saturated heterocycles. The smallest absolute Gasteiger partial charge is 0.233 e. The van der Waals surface area contributed by atoms with Gasteiger partial charge in [-0.3, -0.25) is 4.79 Å². The zero-order chi connectivity index (χ0) is 20.0. The number of hydrogen-bond donors (Lipinski definition) is 1. The number of ketones is 1. The molecular formula is C24H22N2O3. The van der Waals surface area contributed by atoms with Crippen molar-refractivity contribution in [3.63, 3.8) is 0 Å². The largest absolute Gasteiger partial charge is 0.497 e. The van der Waals surface area contributed by atoms with Crippen LogP contribution in [0.3, 0.4) is 0 Å². The van der Waals surface area contributed by atoms with Crippen LogP contribution in [0.2, 0.25) is 0 Å². The number of benzene rings is 2. The van der Waals surface area contributed by atoms with Gasteiger partial charge >= 0.3 is 0 Å². The van der Waals surface area contributed by atoms with Gasteiger partial charge in [-0.2, -0.15) is 0 Å². The van der Waals surface area contributed by atoms with E-state index in [-0.39, 0.29) is 17.6 Å². The molecule has 0 spiro atoms. The fourth-order valence-electron chi connectivity index (χ4n) is 4.59. The molecule has 1 aliphatic carbocycles. The molecule has 5 rings (SSSR count). The van der Waals surface area contributed by atoms with E-state index in [1.54, 1.807) is 7.11 Å². The van der Waals surface area contributed by atoms with Crippen LogP contribution in [0, 0.1) is 6.92 Å². The Morgan fingerprint density at radius 2 is 1.86 bits per heavy atom. The number of rotatable bonds is 3. The standard InChI is InChI=1S/C24H22N2O3/c1-14-21-22(16-9-6-10-18(11-16)28-2)23-19(25-24(21)29-26-14)12-17(13-20(23)27)15-7-4-3-5-8-15/h3-11,17,22,25H,12-13H2,1-2H3/t17-,22+/m1/s1. The van der Waals surface area contributed by atoms with Crippen molar-refractivity contribution in [3.8, 4) is 5.75 Å². The highest BCUT2D eigenvalue weighted by atomic mass is 16.5. The molecule has 0 radical (unpaired) electrons. The Labute approximate surface area is 169 Å². The summed E-state index contributed by atoms with van der Waals surface area (Å²) in [6.45, 7) is 1.92. The molecule has 1 aliphatic heterocycles. The summed E-state index contributed by atoms with van der Waals surface area (Å²) in [6.07, 6.45) is 1.27. The van der Waals surface area contributed by atoms with Crippen LogP contribution in [0.15, 0.2) is 70.4 Å². The van der Waals surface area contributed by atoms with E-state index in [0.717, 1.165) is 40.3 Å². The van der Waals surface area contributed by atoms with Crippen molar-refractivity contribution in [1.29, 1.82) is 0 Å². The van der Waals surface area contributed by atoms with Gasteiger partial charge in [0.25, 0.3) is 0 Å². The Bertz CT molecular complexity index is 1110. The van der Waals surface area contributed by atoms with Gasteiger partial charge in [0, 0.05) is 23.6 Å². The Hall–Kier alpha value is -3.34. The lowest BCUT2D eigenvalue weighted by Crippen LogP contribution is -2.29. The summed E-state index contributed by atoms with van der Waals surface area (Å²) in [7, 11) is 1.65. The quantitative estimate of drug-likeness (QED) is 0.690. The van der Waals surface area contributed by atoms with Gasteiger partial charge in [-0.05, 0) is 42.5 Å². The van der Waals surface area contributed by atoms with Gasteiger partial charge in [0.2, 0.25) is 5.88 Å². The van der Waals surface area contributed by atoms with Crippen molar-refractivity contribution in [2.45, 2.75) is 31.6 Å². The van der Waals surface area contributed by atoms with Gasteiger partial charge in [-0.1, -0.05) is 47.6 Å². The number of carbonyl (C=O) groups is 1. The lowest BCUT2D eigenvalue weighted by Gasteiger charge is -2.34. The first-order valence-electron chi connectivity index (χ1n) is 9.84. The number of hydrogen-bond acceptors (Lipinski definition) is 5. The number of aryl methyl sites for hydroxylation is 1. The van der Waals surface area contributed by atoms with E-state index in [1.165, 1.54) is 5.56 Å². The number of anilines is 1. The first-order chi connectivity index (χ1) is 14.2. The number of fused-ring (bicyclic) bond motifs is 1. The maximum absolute atomic E-state index is 13.4. The van der Waals surface area contributed by atoms with E-state index in [2.05, 4.69) is 22.6 Å². The molecule has 5 nitrogen and oxygen atoms in total. The second kappa shape index (κ2) is 6.92. The summed E-state index contributed by atoms with van der Waals surface area (Å²) < 4.78 is 11.0. The maximum Gasteiger partial charge on any atom is 0.233 e. The molecule has 2 aromatic carbocycles.